The standard InChI is InChI=1S/C17H25N5OS/c1-12-19-15(11-24-12)17-20-16(9-14-10-18-7-8-23-14)22(21-17)13-5-3-2-4-6-13/h11,13-14,18H,2-10H2,1H3/t14-/m0/s1. The van der Waals surface area contributed by atoms with E-state index in [0.29, 0.717) is 6.04 Å². The molecule has 1 aliphatic carbocycles. The van der Waals surface area contributed by atoms with Gasteiger partial charge in [0.1, 0.15) is 11.5 Å². The van der Waals surface area contributed by atoms with Gasteiger partial charge < -0.3 is 10.1 Å². The molecule has 0 spiro atoms. The van der Waals surface area contributed by atoms with Crippen molar-refractivity contribution in [3.63, 3.8) is 0 Å². The van der Waals surface area contributed by atoms with E-state index in [1.165, 1.54) is 32.1 Å². The van der Waals surface area contributed by atoms with Crippen LogP contribution in [0.5, 0.6) is 0 Å². The van der Waals surface area contributed by atoms with Crippen LogP contribution in [0.2, 0.25) is 0 Å². The van der Waals surface area contributed by atoms with Gasteiger partial charge in [-0.05, 0) is 19.8 Å². The molecular formula is C17H25N5OS. The van der Waals surface area contributed by atoms with Crippen molar-refractivity contribution in [3.8, 4) is 11.5 Å². The van der Waals surface area contributed by atoms with Crippen LogP contribution in [0.4, 0.5) is 0 Å². The second-order valence-corrected chi connectivity index (χ2v) is 7.80. The van der Waals surface area contributed by atoms with Crippen LogP contribution in [0.3, 0.4) is 0 Å². The number of aryl methyl sites for hydroxylation is 1. The second-order valence-electron chi connectivity index (χ2n) is 6.74. The van der Waals surface area contributed by atoms with Crippen LogP contribution < -0.4 is 5.32 Å². The van der Waals surface area contributed by atoms with Crippen molar-refractivity contribution < 1.29 is 4.74 Å². The van der Waals surface area contributed by atoms with Gasteiger partial charge in [0.05, 0.1) is 23.8 Å². The van der Waals surface area contributed by atoms with E-state index in [1.807, 2.05) is 6.92 Å². The molecule has 1 saturated heterocycles. The van der Waals surface area contributed by atoms with Crippen LogP contribution in [0.1, 0.15) is 49.0 Å². The molecule has 2 aliphatic rings. The molecule has 0 bridgehead atoms. The predicted octanol–water partition coefficient (Wildman–Crippen LogP) is 2.75. The third-order valence-corrected chi connectivity index (χ3v) is 5.66. The summed E-state index contributed by atoms with van der Waals surface area (Å²) in [7, 11) is 0. The molecule has 3 heterocycles. The fraction of sp³-hybridized carbons (Fsp3) is 0.706. The Kier molecular flexibility index (Phi) is 4.91. The van der Waals surface area contributed by atoms with E-state index in [9.17, 15) is 0 Å². The Bertz CT molecular complexity index is 670. The first kappa shape index (κ1) is 16.2. The molecule has 0 aromatic carbocycles. The van der Waals surface area contributed by atoms with Gasteiger partial charge in [-0.25, -0.2) is 14.6 Å². The van der Waals surface area contributed by atoms with Gasteiger partial charge in [-0.2, -0.15) is 0 Å². The lowest BCUT2D eigenvalue weighted by Gasteiger charge is -2.26. The summed E-state index contributed by atoms with van der Waals surface area (Å²) in [6, 6.07) is 0.478. The molecule has 130 valence electrons. The Labute approximate surface area is 146 Å². The third kappa shape index (κ3) is 3.53. The van der Waals surface area contributed by atoms with E-state index in [0.717, 1.165) is 48.5 Å². The van der Waals surface area contributed by atoms with E-state index < -0.39 is 0 Å². The highest BCUT2D eigenvalue weighted by Gasteiger charge is 2.25. The largest absolute Gasteiger partial charge is 0.375 e. The molecule has 7 heteroatoms. The van der Waals surface area contributed by atoms with E-state index in [-0.39, 0.29) is 6.10 Å². The molecule has 0 amide bonds. The van der Waals surface area contributed by atoms with E-state index in [1.54, 1.807) is 11.3 Å². The number of rotatable bonds is 4. The van der Waals surface area contributed by atoms with Crippen LogP contribution in [0.15, 0.2) is 5.38 Å². The van der Waals surface area contributed by atoms with Crippen LogP contribution >= 0.6 is 11.3 Å². The number of hydrogen-bond donors (Lipinski definition) is 1. The molecule has 0 radical (unpaired) electrons. The van der Waals surface area contributed by atoms with Crippen LogP contribution in [-0.4, -0.2) is 45.5 Å². The fourth-order valence-corrected chi connectivity index (χ4v) is 4.23. The third-order valence-electron chi connectivity index (χ3n) is 4.89. The van der Waals surface area contributed by atoms with Crippen molar-refractivity contribution in [1.29, 1.82) is 0 Å². The predicted molar refractivity (Wildman–Crippen MR) is 94.3 cm³/mol. The maximum Gasteiger partial charge on any atom is 0.200 e. The highest BCUT2D eigenvalue weighted by Crippen LogP contribution is 2.30. The summed E-state index contributed by atoms with van der Waals surface area (Å²) in [6.07, 6.45) is 7.34. The van der Waals surface area contributed by atoms with Gasteiger partial charge in [0, 0.05) is 24.9 Å². The monoisotopic (exact) mass is 347 g/mol. The summed E-state index contributed by atoms with van der Waals surface area (Å²) in [5.41, 5.74) is 0.899. The Morgan fingerprint density at radius 2 is 2.17 bits per heavy atom. The summed E-state index contributed by atoms with van der Waals surface area (Å²) in [6.45, 7) is 4.63. The molecule has 2 fully saturated rings. The molecule has 1 saturated carbocycles. The molecule has 2 aromatic rings. The maximum absolute atomic E-state index is 5.89. The molecule has 1 N–H and O–H groups in total. The minimum Gasteiger partial charge on any atom is -0.375 e. The average molecular weight is 347 g/mol. The van der Waals surface area contributed by atoms with Crippen molar-refractivity contribution in [1.82, 2.24) is 25.1 Å². The lowest BCUT2D eigenvalue weighted by Crippen LogP contribution is -2.40. The Balaban J connectivity index is 1.62. The van der Waals surface area contributed by atoms with E-state index >= 15 is 0 Å². The van der Waals surface area contributed by atoms with Crippen molar-refractivity contribution in [3.05, 3.63) is 16.2 Å². The quantitative estimate of drug-likeness (QED) is 0.921. The van der Waals surface area contributed by atoms with Gasteiger partial charge in [-0.3, -0.25) is 0 Å². The fourth-order valence-electron chi connectivity index (χ4n) is 3.64. The highest BCUT2D eigenvalue weighted by molar-refractivity contribution is 7.09. The number of thiazole rings is 1. The van der Waals surface area contributed by atoms with Gasteiger partial charge in [-0.1, -0.05) is 19.3 Å². The minimum absolute atomic E-state index is 0.190. The summed E-state index contributed by atoms with van der Waals surface area (Å²) >= 11 is 1.65. The molecular weight excluding hydrogens is 322 g/mol. The number of nitrogens with zero attached hydrogens (tertiary/aromatic N) is 4. The van der Waals surface area contributed by atoms with Crippen LogP contribution in [-0.2, 0) is 11.2 Å². The van der Waals surface area contributed by atoms with E-state index in [4.69, 9.17) is 14.8 Å². The first-order valence-corrected chi connectivity index (χ1v) is 9.88. The summed E-state index contributed by atoms with van der Waals surface area (Å²) in [4.78, 5) is 9.42. The zero-order valence-corrected chi connectivity index (χ0v) is 15.0. The SMILES string of the molecule is Cc1nc(-c2nc(C[C@H]3CNCCO3)n(C3CCCCC3)n2)cs1. The Morgan fingerprint density at radius 1 is 1.29 bits per heavy atom. The van der Waals surface area contributed by atoms with Crippen LogP contribution in [0.25, 0.3) is 11.5 Å². The highest BCUT2D eigenvalue weighted by atomic mass is 32.1. The second kappa shape index (κ2) is 7.29. The Hall–Kier alpha value is -1.31. The van der Waals surface area contributed by atoms with Gasteiger partial charge >= 0.3 is 0 Å². The van der Waals surface area contributed by atoms with Crippen molar-refractivity contribution in [2.75, 3.05) is 19.7 Å². The van der Waals surface area contributed by atoms with Gasteiger partial charge in [-0.15, -0.1) is 16.4 Å². The smallest absolute Gasteiger partial charge is 0.200 e. The lowest BCUT2D eigenvalue weighted by atomic mass is 9.95. The molecule has 1 aliphatic heterocycles. The average Bonchev–Trinajstić information content (AvgIpc) is 3.23. The first-order valence-electron chi connectivity index (χ1n) is 9.00. The van der Waals surface area contributed by atoms with Gasteiger partial charge in [0.2, 0.25) is 5.82 Å². The number of ether oxygens (including phenoxy) is 1. The number of morpholine rings is 1. The number of hydrogen-bond acceptors (Lipinski definition) is 6. The summed E-state index contributed by atoms with van der Waals surface area (Å²) in [5.74, 6) is 1.82. The topological polar surface area (TPSA) is 64.9 Å². The number of aromatic nitrogens is 4. The van der Waals surface area contributed by atoms with Gasteiger partial charge in [0.15, 0.2) is 0 Å². The maximum atomic E-state index is 5.89. The zero-order chi connectivity index (χ0) is 16.4. The number of nitrogens with one attached hydrogen (secondary N) is 1. The van der Waals surface area contributed by atoms with Crippen molar-refractivity contribution in [2.24, 2.45) is 0 Å². The molecule has 4 rings (SSSR count). The minimum atomic E-state index is 0.190. The summed E-state index contributed by atoms with van der Waals surface area (Å²) < 4.78 is 8.07. The van der Waals surface area contributed by atoms with Crippen molar-refractivity contribution >= 4 is 11.3 Å². The molecule has 1 atom stereocenters. The molecule has 2 aromatic heterocycles. The Morgan fingerprint density at radius 3 is 2.88 bits per heavy atom. The zero-order valence-electron chi connectivity index (χ0n) is 14.2. The van der Waals surface area contributed by atoms with E-state index in [2.05, 4.69) is 20.4 Å². The lowest BCUT2D eigenvalue weighted by molar-refractivity contribution is 0.0270. The first-order chi connectivity index (χ1) is 11.8. The van der Waals surface area contributed by atoms with Crippen LogP contribution in [0, 0.1) is 6.92 Å². The normalized spacial score (nSPS) is 22.8. The molecule has 0 unspecified atom stereocenters. The molecule has 6 nitrogen and oxygen atoms in total. The van der Waals surface area contributed by atoms with Gasteiger partial charge in [0.25, 0.3) is 0 Å². The molecule has 24 heavy (non-hydrogen) atoms. The van der Waals surface area contributed by atoms with Crippen molar-refractivity contribution in [2.45, 2.75) is 57.6 Å². The summed E-state index contributed by atoms with van der Waals surface area (Å²) in [5, 5.41) is 11.4.